The minimum absolute atomic E-state index is 0.0623. The van der Waals surface area contributed by atoms with E-state index in [-0.39, 0.29) is 5.91 Å². The number of nitrogens with one attached hydrogen (secondary N) is 1. The Balaban J connectivity index is 1.73. The molecule has 1 N–H and O–H groups in total. The summed E-state index contributed by atoms with van der Waals surface area (Å²) < 4.78 is 0.842. The van der Waals surface area contributed by atoms with Crippen molar-refractivity contribution < 1.29 is 4.79 Å². The van der Waals surface area contributed by atoms with Crippen molar-refractivity contribution in [2.45, 2.75) is 10.1 Å². The normalized spacial score (nSPS) is 10.5. The minimum atomic E-state index is -0.0623. The van der Waals surface area contributed by atoms with E-state index in [4.69, 9.17) is 11.6 Å². The van der Waals surface area contributed by atoms with Gasteiger partial charge in [0, 0.05) is 10.8 Å². The van der Waals surface area contributed by atoms with Gasteiger partial charge < -0.3 is 0 Å². The maximum Gasteiger partial charge on any atom is 0.236 e. The Kier molecular flexibility index (Phi) is 6.15. The molecule has 8 heteroatoms. The molecule has 2 aromatic rings. The highest BCUT2D eigenvalue weighted by Gasteiger charge is 2.07. The van der Waals surface area contributed by atoms with Crippen LogP contribution in [0.5, 0.6) is 0 Å². The van der Waals surface area contributed by atoms with Crippen LogP contribution in [0.15, 0.2) is 28.6 Å². The molecule has 0 aliphatic carbocycles. The second-order valence-corrected chi connectivity index (χ2v) is 7.20. The average Bonchev–Trinajstić information content (AvgIpc) is 2.88. The maximum absolute atomic E-state index is 11.7. The molecule has 1 amide bonds. The number of amides is 1. The number of rotatable bonds is 6. The van der Waals surface area contributed by atoms with Gasteiger partial charge >= 0.3 is 0 Å². The molecule has 0 atom stereocenters. The van der Waals surface area contributed by atoms with Gasteiger partial charge in [-0.25, -0.2) is 0 Å². The Bertz CT molecular complexity index is 574. The largest absolute Gasteiger partial charge is 0.300 e. The highest BCUT2D eigenvalue weighted by molar-refractivity contribution is 8.00. The van der Waals surface area contributed by atoms with Crippen molar-refractivity contribution in [1.82, 2.24) is 10.2 Å². The van der Waals surface area contributed by atoms with Gasteiger partial charge in [0.05, 0.1) is 5.75 Å². The monoisotopic (exact) mass is 345 g/mol. The first-order valence-electron chi connectivity index (χ1n) is 5.67. The van der Waals surface area contributed by atoms with Crippen molar-refractivity contribution in [1.29, 1.82) is 0 Å². The first-order chi connectivity index (χ1) is 9.67. The van der Waals surface area contributed by atoms with Crippen LogP contribution >= 0.6 is 46.5 Å². The van der Waals surface area contributed by atoms with E-state index in [1.807, 2.05) is 30.5 Å². The number of halogens is 1. The Morgan fingerprint density at radius 3 is 2.75 bits per heavy atom. The number of aromatic nitrogens is 2. The lowest BCUT2D eigenvalue weighted by Gasteiger charge is -2.02. The molecule has 0 unspecified atom stereocenters. The minimum Gasteiger partial charge on any atom is -0.300 e. The number of benzene rings is 1. The number of anilines is 1. The van der Waals surface area contributed by atoms with Gasteiger partial charge in [0.15, 0.2) is 4.34 Å². The molecule has 0 saturated heterocycles. The molecule has 1 aromatic heterocycles. The van der Waals surface area contributed by atoms with E-state index in [0.29, 0.717) is 10.9 Å². The molecule has 0 aliphatic rings. The van der Waals surface area contributed by atoms with E-state index >= 15 is 0 Å². The second kappa shape index (κ2) is 7.87. The Hall–Kier alpha value is -0.760. The van der Waals surface area contributed by atoms with Crippen LogP contribution in [0.25, 0.3) is 0 Å². The second-order valence-electron chi connectivity index (χ2n) is 3.74. The standard InChI is InChI=1S/C12H12ClN3OS3/c1-18-12-16-15-11(20-12)14-10(17)7-19-6-8-2-4-9(13)5-3-8/h2-5H,6-7H2,1H3,(H,14,15,17). The van der Waals surface area contributed by atoms with Crippen LogP contribution in [0.2, 0.25) is 5.02 Å². The highest BCUT2D eigenvalue weighted by atomic mass is 35.5. The van der Waals surface area contributed by atoms with E-state index in [1.165, 1.54) is 23.1 Å². The Labute approximate surface area is 134 Å². The molecule has 106 valence electrons. The van der Waals surface area contributed by atoms with E-state index in [0.717, 1.165) is 20.7 Å². The number of thioether (sulfide) groups is 2. The van der Waals surface area contributed by atoms with Crippen LogP contribution < -0.4 is 5.32 Å². The van der Waals surface area contributed by atoms with Crippen molar-refractivity contribution in [3.05, 3.63) is 34.9 Å². The SMILES string of the molecule is CSc1nnc(NC(=O)CSCc2ccc(Cl)cc2)s1. The van der Waals surface area contributed by atoms with Crippen LogP contribution in [0.4, 0.5) is 5.13 Å². The number of nitrogens with zero attached hydrogens (tertiary/aromatic N) is 2. The third kappa shape index (κ3) is 4.97. The zero-order valence-corrected chi connectivity index (χ0v) is 13.8. The van der Waals surface area contributed by atoms with E-state index in [1.54, 1.807) is 11.8 Å². The predicted octanol–water partition coefficient (Wildman–Crippen LogP) is 3.79. The van der Waals surface area contributed by atoms with Gasteiger partial charge in [-0.05, 0) is 24.0 Å². The van der Waals surface area contributed by atoms with Crippen LogP contribution in [0.3, 0.4) is 0 Å². The summed E-state index contributed by atoms with van der Waals surface area (Å²) in [5, 5.41) is 11.8. The molecule has 0 bridgehead atoms. The van der Waals surface area contributed by atoms with Gasteiger partial charge in [-0.15, -0.1) is 22.0 Å². The topological polar surface area (TPSA) is 54.9 Å². The molecule has 1 aromatic carbocycles. The molecule has 4 nitrogen and oxygen atoms in total. The summed E-state index contributed by atoms with van der Waals surface area (Å²) in [6.07, 6.45) is 1.92. The molecule has 0 spiro atoms. The molecule has 0 aliphatic heterocycles. The lowest BCUT2D eigenvalue weighted by atomic mass is 10.2. The van der Waals surface area contributed by atoms with Crippen molar-refractivity contribution in [2.75, 3.05) is 17.3 Å². The summed E-state index contributed by atoms with van der Waals surface area (Å²) in [4.78, 5) is 11.7. The molecule has 0 saturated carbocycles. The number of hydrogen-bond donors (Lipinski definition) is 1. The average molecular weight is 346 g/mol. The summed E-state index contributed by atoms with van der Waals surface area (Å²) in [6.45, 7) is 0. The van der Waals surface area contributed by atoms with Gasteiger partial charge in [-0.2, -0.15) is 0 Å². The molecule has 0 radical (unpaired) electrons. The van der Waals surface area contributed by atoms with Crippen LogP contribution in [0.1, 0.15) is 5.56 Å². The molecule has 0 fully saturated rings. The quantitative estimate of drug-likeness (QED) is 0.637. The smallest absolute Gasteiger partial charge is 0.236 e. The number of carbonyl (C=O) groups is 1. The third-order valence-corrected chi connectivity index (χ3v) is 5.31. The fourth-order valence-electron chi connectivity index (χ4n) is 1.34. The van der Waals surface area contributed by atoms with Crippen LogP contribution in [-0.2, 0) is 10.5 Å². The van der Waals surface area contributed by atoms with Crippen molar-refractivity contribution >= 4 is 57.5 Å². The zero-order chi connectivity index (χ0) is 14.4. The number of carbonyl (C=O) groups excluding carboxylic acids is 1. The Morgan fingerprint density at radius 2 is 2.10 bits per heavy atom. The molecule has 2 rings (SSSR count). The van der Waals surface area contributed by atoms with Gasteiger partial charge in [-0.1, -0.05) is 46.8 Å². The van der Waals surface area contributed by atoms with E-state index in [9.17, 15) is 4.79 Å². The molecule has 20 heavy (non-hydrogen) atoms. The van der Waals surface area contributed by atoms with Gasteiger partial charge in [0.2, 0.25) is 11.0 Å². The molecular weight excluding hydrogens is 334 g/mol. The van der Waals surface area contributed by atoms with Gasteiger partial charge in [-0.3, -0.25) is 10.1 Å². The first-order valence-corrected chi connectivity index (χ1v) is 9.24. The summed E-state index contributed by atoms with van der Waals surface area (Å²) in [5.41, 5.74) is 1.15. The third-order valence-electron chi connectivity index (χ3n) is 2.24. The summed E-state index contributed by atoms with van der Waals surface area (Å²) in [5.74, 6) is 1.10. The van der Waals surface area contributed by atoms with Gasteiger partial charge in [0.25, 0.3) is 0 Å². The summed E-state index contributed by atoms with van der Waals surface area (Å²) in [7, 11) is 0. The molecular formula is C12H12ClN3OS3. The van der Waals surface area contributed by atoms with Crippen LogP contribution in [0, 0.1) is 0 Å². The predicted molar refractivity (Wildman–Crippen MR) is 87.9 cm³/mol. The maximum atomic E-state index is 11.7. The lowest BCUT2D eigenvalue weighted by Crippen LogP contribution is -2.13. The van der Waals surface area contributed by atoms with E-state index in [2.05, 4.69) is 15.5 Å². The fourth-order valence-corrected chi connectivity index (χ4v) is 3.44. The summed E-state index contributed by atoms with van der Waals surface area (Å²) >= 11 is 10.3. The first kappa shape index (κ1) is 15.6. The van der Waals surface area contributed by atoms with Crippen molar-refractivity contribution in [3.63, 3.8) is 0 Å². The van der Waals surface area contributed by atoms with Gasteiger partial charge in [0.1, 0.15) is 0 Å². The summed E-state index contributed by atoms with van der Waals surface area (Å²) in [6, 6.07) is 7.62. The number of hydrogen-bond acceptors (Lipinski definition) is 6. The van der Waals surface area contributed by atoms with E-state index < -0.39 is 0 Å². The van der Waals surface area contributed by atoms with Crippen molar-refractivity contribution in [2.24, 2.45) is 0 Å². The highest BCUT2D eigenvalue weighted by Crippen LogP contribution is 2.23. The Morgan fingerprint density at radius 1 is 1.35 bits per heavy atom. The lowest BCUT2D eigenvalue weighted by molar-refractivity contribution is -0.113. The fraction of sp³-hybridized carbons (Fsp3) is 0.250. The molecule has 1 heterocycles. The van der Waals surface area contributed by atoms with Crippen molar-refractivity contribution in [3.8, 4) is 0 Å². The zero-order valence-electron chi connectivity index (χ0n) is 10.6. The van der Waals surface area contributed by atoms with Crippen LogP contribution in [-0.4, -0.2) is 28.1 Å².